The van der Waals surface area contributed by atoms with E-state index in [9.17, 15) is 8.42 Å². The van der Waals surface area contributed by atoms with E-state index >= 15 is 0 Å². The molecule has 0 fully saturated rings. The van der Waals surface area contributed by atoms with Crippen LogP contribution >= 0.6 is 0 Å². The Labute approximate surface area is 82.9 Å². The molecule has 2 N–H and O–H groups in total. The Hall–Kier alpha value is -0.950. The first-order chi connectivity index (χ1) is 6.58. The Bertz CT molecular complexity index is 332. The maximum absolute atomic E-state index is 10.1. The molecule has 0 saturated heterocycles. The number of benzene rings is 1. The molecule has 0 atom stereocenters. The predicted octanol–water partition coefficient (Wildman–Crippen LogP) is 0.615. The van der Waals surface area contributed by atoms with Gasteiger partial charge >= 0.3 is 10.4 Å². The van der Waals surface area contributed by atoms with Crippen LogP contribution in [0.4, 0.5) is 0 Å². The minimum Gasteiger partial charge on any atom is -0.400 e. The minimum absolute atomic E-state index is 0.139. The standard InChI is InChI=1S/C7H8O4S.CH4O/c8-12(9,10)11-6-7-4-2-1-3-5-7;1-2/h1-5H,6H2,(H,8,9,10);2H,1H3. The minimum atomic E-state index is -4.32. The summed E-state index contributed by atoms with van der Waals surface area (Å²) in [5.74, 6) is 0. The van der Waals surface area contributed by atoms with Crippen molar-refractivity contribution in [1.29, 1.82) is 0 Å². The Balaban J connectivity index is 0.000000791. The lowest BCUT2D eigenvalue weighted by atomic mass is 10.2. The molecule has 6 heteroatoms. The van der Waals surface area contributed by atoms with Crippen molar-refractivity contribution in [2.24, 2.45) is 0 Å². The van der Waals surface area contributed by atoms with Gasteiger partial charge in [0.25, 0.3) is 0 Å². The molecule has 0 radical (unpaired) electrons. The highest BCUT2D eigenvalue weighted by molar-refractivity contribution is 7.80. The van der Waals surface area contributed by atoms with E-state index in [-0.39, 0.29) is 6.61 Å². The van der Waals surface area contributed by atoms with E-state index in [4.69, 9.17) is 9.66 Å². The molecule has 0 amide bonds. The fraction of sp³-hybridized carbons (Fsp3) is 0.250. The second kappa shape index (κ2) is 6.50. The number of hydrogen-bond donors (Lipinski definition) is 2. The van der Waals surface area contributed by atoms with E-state index < -0.39 is 10.4 Å². The summed E-state index contributed by atoms with van der Waals surface area (Å²) in [5, 5.41) is 7.00. The van der Waals surface area contributed by atoms with Crippen LogP contribution in [0.3, 0.4) is 0 Å². The molecule has 0 spiro atoms. The fourth-order valence-corrected chi connectivity index (χ4v) is 1.00. The molecule has 0 bridgehead atoms. The van der Waals surface area contributed by atoms with Crippen molar-refractivity contribution in [2.45, 2.75) is 6.61 Å². The van der Waals surface area contributed by atoms with Crippen LogP contribution in [-0.4, -0.2) is 25.2 Å². The molecule has 0 saturated carbocycles. The number of rotatable bonds is 3. The molecular weight excluding hydrogens is 208 g/mol. The average molecular weight is 220 g/mol. The normalized spacial score (nSPS) is 10.2. The molecule has 1 aromatic carbocycles. The van der Waals surface area contributed by atoms with Gasteiger partial charge in [0.1, 0.15) is 0 Å². The summed E-state index contributed by atoms with van der Waals surface area (Å²) < 4.78 is 32.6. The number of aliphatic hydroxyl groups is 1. The molecule has 0 aliphatic heterocycles. The van der Waals surface area contributed by atoms with Crippen molar-refractivity contribution in [3.05, 3.63) is 35.9 Å². The van der Waals surface area contributed by atoms with Gasteiger partial charge in [-0.05, 0) is 5.56 Å². The third kappa shape index (κ3) is 6.55. The van der Waals surface area contributed by atoms with Gasteiger partial charge in [0.2, 0.25) is 0 Å². The highest BCUT2D eigenvalue weighted by Gasteiger charge is 2.03. The highest BCUT2D eigenvalue weighted by atomic mass is 32.3. The monoisotopic (exact) mass is 220 g/mol. The first-order valence-electron chi connectivity index (χ1n) is 3.68. The fourth-order valence-electron chi connectivity index (χ4n) is 0.717. The van der Waals surface area contributed by atoms with Gasteiger partial charge in [0, 0.05) is 7.11 Å². The summed E-state index contributed by atoms with van der Waals surface area (Å²) in [6.07, 6.45) is 0. The second-order valence-corrected chi connectivity index (χ2v) is 3.27. The zero-order valence-electron chi connectivity index (χ0n) is 7.62. The van der Waals surface area contributed by atoms with E-state index in [1.807, 2.05) is 0 Å². The maximum atomic E-state index is 10.1. The molecule has 1 aromatic rings. The molecular formula is C8H12O5S. The van der Waals surface area contributed by atoms with Gasteiger partial charge < -0.3 is 5.11 Å². The lowest BCUT2D eigenvalue weighted by Gasteiger charge is -1.98. The molecule has 14 heavy (non-hydrogen) atoms. The van der Waals surface area contributed by atoms with E-state index in [0.29, 0.717) is 5.56 Å². The van der Waals surface area contributed by atoms with Crippen LogP contribution in [0.15, 0.2) is 30.3 Å². The Morgan fingerprint density at radius 3 is 2.14 bits per heavy atom. The molecule has 80 valence electrons. The molecule has 0 aliphatic carbocycles. The van der Waals surface area contributed by atoms with Crippen molar-refractivity contribution in [1.82, 2.24) is 0 Å². The van der Waals surface area contributed by atoms with Crippen LogP contribution in [0.25, 0.3) is 0 Å². The predicted molar refractivity (Wildman–Crippen MR) is 50.9 cm³/mol. The summed E-state index contributed by atoms with van der Waals surface area (Å²) in [6, 6.07) is 8.71. The third-order valence-corrected chi connectivity index (χ3v) is 1.63. The summed E-state index contributed by atoms with van der Waals surface area (Å²) in [7, 11) is -3.32. The van der Waals surface area contributed by atoms with Crippen LogP contribution in [0.5, 0.6) is 0 Å². The van der Waals surface area contributed by atoms with Gasteiger partial charge in [-0.1, -0.05) is 30.3 Å². The maximum Gasteiger partial charge on any atom is 0.397 e. The van der Waals surface area contributed by atoms with Gasteiger partial charge in [-0.15, -0.1) is 0 Å². The van der Waals surface area contributed by atoms with Crippen molar-refractivity contribution < 1.29 is 22.3 Å². The van der Waals surface area contributed by atoms with Crippen LogP contribution < -0.4 is 0 Å². The van der Waals surface area contributed by atoms with Gasteiger partial charge in [-0.3, -0.25) is 4.55 Å². The largest absolute Gasteiger partial charge is 0.400 e. The highest BCUT2D eigenvalue weighted by Crippen LogP contribution is 2.01. The Kier molecular flexibility index (Phi) is 6.06. The Morgan fingerprint density at radius 2 is 1.71 bits per heavy atom. The first kappa shape index (κ1) is 13.1. The topological polar surface area (TPSA) is 83.8 Å². The summed E-state index contributed by atoms with van der Waals surface area (Å²) in [4.78, 5) is 0. The van der Waals surface area contributed by atoms with Crippen molar-refractivity contribution >= 4 is 10.4 Å². The lowest BCUT2D eigenvalue weighted by Crippen LogP contribution is -2.03. The van der Waals surface area contributed by atoms with Crippen LogP contribution in [0, 0.1) is 0 Å². The van der Waals surface area contributed by atoms with E-state index in [2.05, 4.69) is 4.18 Å². The molecule has 0 aromatic heterocycles. The van der Waals surface area contributed by atoms with Crippen molar-refractivity contribution in [3.8, 4) is 0 Å². The SMILES string of the molecule is CO.O=S(=O)(O)OCc1ccccc1. The average Bonchev–Trinajstić information content (AvgIpc) is 2.19. The number of hydrogen-bond acceptors (Lipinski definition) is 4. The quantitative estimate of drug-likeness (QED) is 0.729. The molecule has 0 unspecified atom stereocenters. The van der Waals surface area contributed by atoms with E-state index in [1.165, 1.54) is 0 Å². The van der Waals surface area contributed by atoms with E-state index in [0.717, 1.165) is 7.11 Å². The first-order valence-corrected chi connectivity index (χ1v) is 5.05. The summed E-state index contributed by atoms with van der Waals surface area (Å²) in [5.41, 5.74) is 0.690. The molecule has 1 rings (SSSR count). The number of aliphatic hydroxyl groups excluding tert-OH is 1. The third-order valence-electron chi connectivity index (χ3n) is 1.22. The van der Waals surface area contributed by atoms with Gasteiger partial charge in [-0.2, -0.15) is 8.42 Å². The van der Waals surface area contributed by atoms with Gasteiger partial charge in [0.05, 0.1) is 6.61 Å². The second-order valence-electron chi connectivity index (χ2n) is 2.18. The Morgan fingerprint density at radius 1 is 1.21 bits per heavy atom. The lowest BCUT2D eigenvalue weighted by molar-refractivity contribution is 0.259. The zero-order valence-corrected chi connectivity index (χ0v) is 8.44. The van der Waals surface area contributed by atoms with Crippen LogP contribution in [0.1, 0.15) is 5.56 Å². The molecule has 5 nitrogen and oxygen atoms in total. The molecule has 0 heterocycles. The smallest absolute Gasteiger partial charge is 0.397 e. The van der Waals surface area contributed by atoms with Gasteiger partial charge in [0.15, 0.2) is 0 Å². The van der Waals surface area contributed by atoms with Crippen molar-refractivity contribution in [2.75, 3.05) is 7.11 Å². The molecule has 0 aliphatic rings. The zero-order chi connectivity index (χ0) is 11.0. The summed E-state index contributed by atoms with van der Waals surface area (Å²) >= 11 is 0. The van der Waals surface area contributed by atoms with Crippen LogP contribution in [0.2, 0.25) is 0 Å². The van der Waals surface area contributed by atoms with Crippen LogP contribution in [-0.2, 0) is 21.2 Å². The van der Waals surface area contributed by atoms with E-state index in [1.54, 1.807) is 30.3 Å². The van der Waals surface area contributed by atoms with Gasteiger partial charge in [-0.25, -0.2) is 4.18 Å². The van der Waals surface area contributed by atoms with Crippen molar-refractivity contribution in [3.63, 3.8) is 0 Å². The summed E-state index contributed by atoms with van der Waals surface area (Å²) in [6.45, 7) is -0.139.